The van der Waals surface area contributed by atoms with Crippen LogP contribution in [-0.2, 0) is 0 Å². The number of carbonyl (C=O) groups excluding carboxylic acids is 1. The standard InChI is InChI=1S/C11H8N4O5/c16-9-5-6-10(17)14(9)19-11(18)20-15-8-4-2-1-3-7(8)12-13-15/h1-6,16-17H. The highest BCUT2D eigenvalue weighted by molar-refractivity contribution is 5.74. The van der Waals surface area contributed by atoms with Gasteiger partial charge in [0.1, 0.15) is 11.0 Å². The zero-order valence-electron chi connectivity index (χ0n) is 9.87. The van der Waals surface area contributed by atoms with Gasteiger partial charge < -0.3 is 10.2 Å². The van der Waals surface area contributed by atoms with Crippen LogP contribution in [0.4, 0.5) is 4.79 Å². The molecule has 0 saturated heterocycles. The van der Waals surface area contributed by atoms with Crippen molar-refractivity contribution in [2.24, 2.45) is 0 Å². The second-order valence-corrected chi connectivity index (χ2v) is 3.73. The molecular weight excluding hydrogens is 268 g/mol. The van der Waals surface area contributed by atoms with Gasteiger partial charge in [-0.15, -0.1) is 9.83 Å². The number of para-hydroxylation sites is 1. The molecule has 102 valence electrons. The molecule has 2 aromatic heterocycles. The maximum absolute atomic E-state index is 11.5. The van der Waals surface area contributed by atoms with Crippen molar-refractivity contribution in [2.45, 2.75) is 0 Å². The number of hydrogen-bond donors (Lipinski definition) is 2. The van der Waals surface area contributed by atoms with Crippen LogP contribution in [-0.4, -0.2) is 36.3 Å². The predicted molar refractivity (Wildman–Crippen MR) is 63.8 cm³/mol. The largest absolute Gasteiger partial charge is 0.561 e. The van der Waals surface area contributed by atoms with Crippen LogP contribution in [0.5, 0.6) is 11.8 Å². The van der Waals surface area contributed by atoms with E-state index in [4.69, 9.17) is 4.84 Å². The Bertz CT molecular complexity index is 759. The summed E-state index contributed by atoms with van der Waals surface area (Å²) < 4.78 is 0.501. The molecule has 3 aromatic rings. The van der Waals surface area contributed by atoms with Crippen molar-refractivity contribution in [2.75, 3.05) is 0 Å². The summed E-state index contributed by atoms with van der Waals surface area (Å²) >= 11 is 0. The molecule has 0 aliphatic heterocycles. The fourth-order valence-corrected chi connectivity index (χ4v) is 1.57. The second kappa shape index (κ2) is 4.46. The summed E-state index contributed by atoms with van der Waals surface area (Å²) in [5, 5.41) is 26.0. The molecule has 0 bridgehead atoms. The van der Waals surface area contributed by atoms with Gasteiger partial charge >= 0.3 is 6.16 Å². The van der Waals surface area contributed by atoms with E-state index in [1.165, 1.54) is 0 Å². The van der Waals surface area contributed by atoms with Gasteiger partial charge in [0.05, 0.1) is 0 Å². The highest BCUT2D eigenvalue weighted by Crippen LogP contribution is 2.18. The van der Waals surface area contributed by atoms with Crippen LogP contribution in [0.25, 0.3) is 11.0 Å². The van der Waals surface area contributed by atoms with Gasteiger partial charge in [-0.1, -0.05) is 17.0 Å². The first-order chi connectivity index (χ1) is 9.65. The normalized spacial score (nSPS) is 10.6. The molecule has 0 aliphatic carbocycles. The molecule has 2 heterocycles. The van der Waals surface area contributed by atoms with E-state index in [0.29, 0.717) is 15.8 Å². The number of benzene rings is 1. The second-order valence-electron chi connectivity index (χ2n) is 3.73. The minimum atomic E-state index is -1.21. The molecule has 9 nitrogen and oxygen atoms in total. The summed E-state index contributed by atoms with van der Waals surface area (Å²) in [6.45, 7) is 0. The zero-order valence-corrected chi connectivity index (χ0v) is 9.87. The van der Waals surface area contributed by atoms with E-state index in [1.54, 1.807) is 24.3 Å². The first-order valence-corrected chi connectivity index (χ1v) is 5.46. The monoisotopic (exact) mass is 276 g/mol. The highest BCUT2D eigenvalue weighted by atomic mass is 16.9. The summed E-state index contributed by atoms with van der Waals surface area (Å²) in [4.78, 5) is 21.8. The van der Waals surface area contributed by atoms with Gasteiger partial charge in [0, 0.05) is 12.1 Å². The number of carbonyl (C=O) groups is 1. The molecule has 0 fully saturated rings. The number of hydrogen-bond acceptors (Lipinski definition) is 7. The number of nitrogens with zero attached hydrogens (tertiary/aromatic N) is 4. The first-order valence-electron chi connectivity index (χ1n) is 5.46. The lowest BCUT2D eigenvalue weighted by Crippen LogP contribution is -2.29. The van der Waals surface area contributed by atoms with Crippen LogP contribution in [0.3, 0.4) is 0 Å². The van der Waals surface area contributed by atoms with Gasteiger partial charge in [-0.3, -0.25) is 9.68 Å². The lowest BCUT2D eigenvalue weighted by molar-refractivity contribution is 0.0231. The quantitative estimate of drug-likeness (QED) is 0.648. The van der Waals surface area contributed by atoms with Crippen molar-refractivity contribution < 1.29 is 24.7 Å². The van der Waals surface area contributed by atoms with Crippen molar-refractivity contribution >= 4 is 17.2 Å². The summed E-state index contributed by atoms with van der Waals surface area (Å²) in [5.74, 6) is -0.911. The van der Waals surface area contributed by atoms with E-state index < -0.39 is 17.9 Å². The minimum absolute atomic E-state index is 0.456. The Morgan fingerprint density at radius 2 is 1.75 bits per heavy atom. The fraction of sp³-hybridized carbons (Fsp3) is 0. The lowest BCUT2D eigenvalue weighted by atomic mass is 10.3. The molecule has 2 N–H and O–H groups in total. The predicted octanol–water partition coefficient (Wildman–Crippen LogP) is 0.321. The molecule has 0 amide bonds. The van der Waals surface area contributed by atoms with E-state index in [0.717, 1.165) is 17.0 Å². The molecule has 0 spiro atoms. The van der Waals surface area contributed by atoms with Crippen LogP contribution < -0.4 is 9.68 Å². The Hall–Kier alpha value is -3.23. The molecule has 1 aromatic carbocycles. The van der Waals surface area contributed by atoms with E-state index in [2.05, 4.69) is 15.1 Å². The van der Waals surface area contributed by atoms with E-state index in [-0.39, 0.29) is 0 Å². The summed E-state index contributed by atoms with van der Waals surface area (Å²) in [7, 11) is 0. The number of aromatic hydroxyl groups is 2. The van der Waals surface area contributed by atoms with Gasteiger partial charge in [0.25, 0.3) is 0 Å². The Balaban J connectivity index is 1.80. The topological polar surface area (TPSA) is 112 Å². The average Bonchev–Trinajstić information content (AvgIpc) is 2.98. The van der Waals surface area contributed by atoms with Gasteiger partial charge in [-0.05, 0) is 17.3 Å². The Labute approximate surface area is 111 Å². The van der Waals surface area contributed by atoms with Crippen molar-refractivity contribution in [3.63, 3.8) is 0 Å². The first kappa shape index (κ1) is 11.8. The van der Waals surface area contributed by atoms with Crippen LogP contribution >= 0.6 is 0 Å². The molecular formula is C11H8N4O5. The Morgan fingerprint density at radius 3 is 2.50 bits per heavy atom. The van der Waals surface area contributed by atoms with Gasteiger partial charge in [-0.25, -0.2) is 0 Å². The third kappa shape index (κ3) is 1.96. The molecule has 0 atom stereocenters. The van der Waals surface area contributed by atoms with Crippen LogP contribution in [0.15, 0.2) is 36.4 Å². The molecule has 20 heavy (non-hydrogen) atoms. The summed E-state index contributed by atoms with van der Waals surface area (Å²) in [5.41, 5.74) is 0.998. The van der Waals surface area contributed by atoms with Gasteiger partial charge in [0.2, 0.25) is 11.8 Å². The summed E-state index contributed by atoms with van der Waals surface area (Å²) in [6.07, 6.45) is -1.21. The lowest BCUT2D eigenvalue weighted by Gasteiger charge is -2.06. The van der Waals surface area contributed by atoms with Gasteiger partial charge in [-0.2, -0.15) is 4.79 Å². The van der Waals surface area contributed by atoms with Gasteiger partial charge in [0.15, 0.2) is 0 Å². The van der Waals surface area contributed by atoms with Crippen LogP contribution in [0.1, 0.15) is 0 Å². The summed E-state index contributed by atoms with van der Waals surface area (Å²) in [6, 6.07) is 9.11. The molecule has 3 rings (SSSR count). The van der Waals surface area contributed by atoms with Crippen LogP contribution in [0, 0.1) is 0 Å². The molecule has 0 unspecified atom stereocenters. The van der Waals surface area contributed by atoms with Crippen LogP contribution in [0.2, 0.25) is 0 Å². The average molecular weight is 276 g/mol. The number of fused-ring (bicyclic) bond motifs is 1. The van der Waals surface area contributed by atoms with E-state index >= 15 is 0 Å². The van der Waals surface area contributed by atoms with Crippen molar-refractivity contribution in [3.8, 4) is 11.8 Å². The van der Waals surface area contributed by atoms with Crippen molar-refractivity contribution in [1.29, 1.82) is 0 Å². The smallest absolute Gasteiger partial charge is 0.492 e. The minimum Gasteiger partial charge on any atom is -0.492 e. The maximum atomic E-state index is 11.5. The Kier molecular flexibility index (Phi) is 2.64. The number of rotatable bonds is 2. The molecule has 9 heteroatoms. The van der Waals surface area contributed by atoms with E-state index in [9.17, 15) is 15.0 Å². The van der Waals surface area contributed by atoms with E-state index in [1.807, 2.05) is 0 Å². The third-order valence-corrected chi connectivity index (χ3v) is 2.45. The fourth-order valence-electron chi connectivity index (χ4n) is 1.57. The molecule has 0 radical (unpaired) electrons. The van der Waals surface area contributed by atoms with Crippen molar-refractivity contribution in [3.05, 3.63) is 36.4 Å². The zero-order chi connectivity index (χ0) is 14.1. The third-order valence-electron chi connectivity index (χ3n) is 2.45. The van der Waals surface area contributed by atoms with Crippen molar-refractivity contribution in [1.82, 2.24) is 19.9 Å². The number of aromatic nitrogens is 4. The highest BCUT2D eigenvalue weighted by Gasteiger charge is 2.16. The SMILES string of the molecule is O=C(On1c(O)ccc1O)On1nnc2ccccc21. The maximum Gasteiger partial charge on any atom is 0.561 e. The molecule has 0 aliphatic rings. The Morgan fingerprint density at radius 1 is 1.05 bits per heavy atom. The molecule has 0 saturated carbocycles.